The minimum absolute atomic E-state index is 0.187. The molecule has 1 aliphatic rings. The van der Waals surface area contributed by atoms with E-state index in [1.165, 1.54) is 0 Å². The van der Waals surface area contributed by atoms with Gasteiger partial charge < -0.3 is 9.47 Å². The number of ether oxygens (including phenoxy) is 2. The summed E-state index contributed by atoms with van der Waals surface area (Å²) in [5.74, 6) is -1.05. The highest BCUT2D eigenvalue weighted by Gasteiger charge is 2.50. The van der Waals surface area contributed by atoms with Crippen LogP contribution in [0, 0.1) is 5.41 Å². The van der Waals surface area contributed by atoms with Crippen molar-refractivity contribution in [3.05, 3.63) is 0 Å². The van der Waals surface area contributed by atoms with Crippen molar-refractivity contribution in [3.8, 4) is 0 Å². The molecule has 70 valence electrons. The van der Waals surface area contributed by atoms with Gasteiger partial charge in [0.1, 0.15) is 0 Å². The van der Waals surface area contributed by atoms with E-state index in [1.54, 1.807) is 13.8 Å². The van der Waals surface area contributed by atoms with Crippen LogP contribution in [0.3, 0.4) is 0 Å². The second-order valence-electron chi connectivity index (χ2n) is 4.38. The monoisotopic (exact) mass is 172 g/mol. The zero-order chi connectivity index (χ0) is 9.57. The van der Waals surface area contributed by atoms with Gasteiger partial charge in [-0.1, -0.05) is 20.8 Å². The summed E-state index contributed by atoms with van der Waals surface area (Å²) in [6.07, 6.45) is -0.436. The molecule has 1 aliphatic heterocycles. The van der Waals surface area contributed by atoms with Crippen LogP contribution >= 0.6 is 0 Å². The van der Waals surface area contributed by atoms with Gasteiger partial charge in [0.15, 0.2) is 6.10 Å². The molecule has 1 rings (SSSR count). The molecular formula is C9H16O3. The van der Waals surface area contributed by atoms with E-state index in [-0.39, 0.29) is 11.4 Å². The van der Waals surface area contributed by atoms with Crippen LogP contribution in [0.4, 0.5) is 0 Å². The number of cyclic esters (lactones) is 1. The zero-order valence-electron chi connectivity index (χ0n) is 8.30. The minimum atomic E-state index is -0.774. The summed E-state index contributed by atoms with van der Waals surface area (Å²) >= 11 is 0. The molecule has 0 saturated carbocycles. The lowest BCUT2D eigenvalue weighted by Gasteiger charge is -2.35. The Hall–Kier alpha value is -0.570. The van der Waals surface area contributed by atoms with Gasteiger partial charge in [0.2, 0.25) is 5.79 Å². The van der Waals surface area contributed by atoms with Crippen molar-refractivity contribution in [1.82, 2.24) is 0 Å². The third-order valence-corrected chi connectivity index (χ3v) is 2.39. The van der Waals surface area contributed by atoms with Gasteiger partial charge in [-0.05, 0) is 6.92 Å². The summed E-state index contributed by atoms with van der Waals surface area (Å²) in [5.41, 5.74) is -0.187. The maximum atomic E-state index is 11.1. The highest BCUT2D eigenvalue weighted by Crippen LogP contribution is 2.39. The van der Waals surface area contributed by atoms with E-state index < -0.39 is 11.9 Å². The van der Waals surface area contributed by atoms with Crippen molar-refractivity contribution in [2.45, 2.75) is 46.5 Å². The number of hydrogen-bond donors (Lipinski definition) is 0. The van der Waals surface area contributed by atoms with Crippen LogP contribution in [0.2, 0.25) is 0 Å². The Balaban J connectivity index is 2.84. The van der Waals surface area contributed by atoms with Crippen LogP contribution in [0.1, 0.15) is 34.6 Å². The Kier molecular flexibility index (Phi) is 1.95. The average molecular weight is 172 g/mol. The van der Waals surface area contributed by atoms with Gasteiger partial charge in [0.05, 0.1) is 0 Å². The molecule has 3 nitrogen and oxygen atoms in total. The number of esters is 1. The lowest BCUT2D eigenvalue weighted by Crippen LogP contribution is -2.41. The third kappa shape index (κ3) is 1.33. The molecule has 2 atom stereocenters. The Morgan fingerprint density at radius 3 is 2.08 bits per heavy atom. The first-order valence-corrected chi connectivity index (χ1v) is 4.17. The predicted octanol–water partition coefficient (Wildman–Crippen LogP) is 1.71. The topological polar surface area (TPSA) is 35.5 Å². The van der Waals surface area contributed by atoms with E-state index in [2.05, 4.69) is 0 Å². The number of hydrogen-bond acceptors (Lipinski definition) is 3. The van der Waals surface area contributed by atoms with E-state index >= 15 is 0 Å². The van der Waals surface area contributed by atoms with Gasteiger partial charge in [-0.25, -0.2) is 4.79 Å². The van der Waals surface area contributed by atoms with Crippen LogP contribution in [-0.2, 0) is 14.3 Å². The van der Waals surface area contributed by atoms with E-state index in [4.69, 9.17) is 9.47 Å². The Bertz CT molecular complexity index is 204. The largest absolute Gasteiger partial charge is 0.431 e. The first-order chi connectivity index (χ1) is 5.26. The molecule has 0 aliphatic carbocycles. The second kappa shape index (κ2) is 2.46. The molecule has 1 fully saturated rings. The van der Waals surface area contributed by atoms with Gasteiger partial charge in [0.25, 0.3) is 0 Å². The molecule has 12 heavy (non-hydrogen) atoms. The normalized spacial score (nSPS) is 36.8. The molecule has 0 bridgehead atoms. The fourth-order valence-corrected chi connectivity index (χ4v) is 1.01. The van der Waals surface area contributed by atoms with Crippen LogP contribution in [0.15, 0.2) is 0 Å². The SMILES string of the molecule is C[C@@H]1O[C@@](C)(C(C)(C)C)OC1=O. The van der Waals surface area contributed by atoms with E-state index in [0.717, 1.165) is 0 Å². The fourth-order valence-electron chi connectivity index (χ4n) is 1.01. The zero-order valence-corrected chi connectivity index (χ0v) is 8.30. The van der Waals surface area contributed by atoms with Gasteiger partial charge in [-0.3, -0.25) is 0 Å². The van der Waals surface area contributed by atoms with Gasteiger partial charge >= 0.3 is 5.97 Å². The van der Waals surface area contributed by atoms with Gasteiger partial charge in [-0.2, -0.15) is 0 Å². The average Bonchev–Trinajstić information content (AvgIpc) is 2.06. The summed E-state index contributed by atoms with van der Waals surface area (Å²) in [4.78, 5) is 11.1. The summed E-state index contributed by atoms with van der Waals surface area (Å²) in [6.45, 7) is 9.46. The van der Waals surface area contributed by atoms with Crippen molar-refractivity contribution >= 4 is 5.97 Å². The Morgan fingerprint density at radius 1 is 1.42 bits per heavy atom. The third-order valence-electron chi connectivity index (χ3n) is 2.39. The summed E-state index contributed by atoms with van der Waals surface area (Å²) < 4.78 is 10.6. The standard InChI is InChI=1S/C9H16O3/c1-6-7(10)12-9(5,11-6)8(2,3)4/h6H,1-5H3/t6-,9+/m0/s1. The lowest BCUT2D eigenvalue weighted by molar-refractivity contribution is -0.216. The molecule has 0 spiro atoms. The maximum Gasteiger partial charge on any atom is 0.337 e. The highest BCUT2D eigenvalue weighted by atomic mass is 16.8. The van der Waals surface area contributed by atoms with E-state index in [0.29, 0.717) is 0 Å². The Labute approximate surface area is 73.0 Å². The Morgan fingerprint density at radius 2 is 1.92 bits per heavy atom. The molecule has 0 unspecified atom stereocenters. The molecule has 0 amide bonds. The van der Waals surface area contributed by atoms with Gasteiger partial charge in [0, 0.05) is 12.3 Å². The second-order valence-corrected chi connectivity index (χ2v) is 4.38. The van der Waals surface area contributed by atoms with Crippen LogP contribution in [0.5, 0.6) is 0 Å². The molecular weight excluding hydrogens is 156 g/mol. The number of carbonyl (C=O) groups excluding carboxylic acids is 1. The quantitative estimate of drug-likeness (QED) is 0.522. The molecule has 0 aromatic heterocycles. The van der Waals surface area contributed by atoms with Crippen LogP contribution in [-0.4, -0.2) is 17.9 Å². The molecule has 0 aromatic rings. The van der Waals surface area contributed by atoms with Crippen molar-refractivity contribution in [1.29, 1.82) is 0 Å². The highest BCUT2D eigenvalue weighted by molar-refractivity contribution is 5.76. The molecule has 3 heteroatoms. The summed E-state index contributed by atoms with van der Waals surface area (Å²) in [7, 11) is 0. The van der Waals surface area contributed by atoms with E-state index in [9.17, 15) is 4.79 Å². The smallest absolute Gasteiger partial charge is 0.337 e. The van der Waals surface area contributed by atoms with Crippen molar-refractivity contribution in [2.24, 2.45) is 5.41 Å². The first kappa shape index (κ1) is 9.52. The lowest BCUT2D eigenvalue weighted by atomic mass is 9.87. The number of carbonyl (C=O) groups is 1. The molecule has 1 saturated heterocycles. The minimum Gasteiger partial charge on any atom is -0.431 e. The fraction of sp³-hybridized carbons (Fsp3) is 0.889. The molecule has 1 heterocycles. The summed E-state index contributed by atoms with van der Waals surface area (Å²) in [5, 5.41) is 0. The number of rotatable bonds is 0. The molecule has 0 N–H and O–H groups in total. The first-order valence-electron chi connectivity index (χ1n) is 4.17. The summed E-state index contributed by atoms with van der Waals surface area (Å²) in [6, 6.07) is 0. The van der Waals surface area contributed by atoms with Gasteiger partial charge in [-0.15, -0.1) is 0 Å². The van der Waals surface area contributed by atoms with E-state index in [1.807, 2.05) is 20.8 Å². The predicted molar refractivity (Wildman–Crippen MR) is 44.5 cm³/mol. The van der Waals surface area contributed by atoms with Crippen LogP contribution in [0.25, 0.3) is 0 Å². The van der Waals surface area contributed by atoms with Crippen molar-refractivity contribution in [3.63, 3.8) is 0 Å². The molecule has 0 radical (unpaired) electrons. The van der Waals surface area contributed by atoms with Crippen molar-refractivity contribution < 1.29 is 14.3 Å². The van der Waals surface area contributed by atoms with Crippen LogP contribution < -0.4 is 0 Å². The maximum absolute atomic E-state index is 11.1. The molecule has 0 aromatic carbocycles. The van der Waals surface area contributed by atoms with Crippen molar-refractivity contribution in [2.75, 3.05) is 0 Å².